The number of hydrogen-bond donors (Lipinski definition) is 4. The van der Waals surface area contributed by atoms with Crippen LogP contribution < -0.4 is 27.3 Å². The molecule has 0 saturated heterocycles. The zero-order valence-electron chi connectivity index (χ0n) is 16.8. The fourth-order valence-corrected chi connectivity index (χ4v) is 2.27. The highest BCUT2D eigenvalue weighted by Gasteiger charge is 2.25. The van der Waals surface area contributed by atoms with E-state index in [0.717, 1.165) is 12.8 Å². The fourth-order valence-electron chi connectivity index (χ4n) is 2.27. The molecule has 2 rings (SSSR count). The maximum absolute atomic E-state index is 12.9. The second kappa shape index (κ2) is 11.1. The summed E-state index contributed by atoms with van der Waals surface area (Å²) in [6.45, 7) is 5.65. The van der Waals surface area contributed by atoms with E-state index in [-0.39, 0.29) is 23.3 Å². The van der Waals surface area contributed by atoms with Gasteiger partial charge in [0.05, 0.1) is 18.4 Å². The number of anilines is 1. The Balaban J connectivity index is 2.36. The maximum atomic E-state index is 12.9. The van der Waals surface area contributed by atoms with Crippen LogP contribution in [0.15, 0.2) is 52.6 Å². The lowest BCUT2D eigenvalue weighted by molar-refractivity contribution is 0.225. The lowest BCUT2D eigenvalue weighted by atomic mass is 10.1. The SMILES string of the molecule is C=C(N)/C=C(\N=C(/C)C(F)F)Nc1cc(OC2CC2)c(/C(C=NCCN)=C/N)cn1. The van der Waals surface area contributed by atoms with E-state index in [1.165, 1.54) is 19.2 Å². The van der Waals surface area contributed by atoms with E-state index in [1.54, 1.807) is 18.5 Å². The van der Waals surface area contributed by atoms with Crippen LogP contribution in [0.1, 0.15) is 25.3 Å². The van der Waals surface area contributed by atoms with Crippen LogP contribution in [-0.4, -0.2) is 42.5 Å². The molecule has 0 unspecified atom stereocenters. The Morgan fingerprint density at radius 3 is 2.77 bits per heavy atom. The van der Waals surface area contributed by atoms with Crippen LogP contribution in [0, 0.1) is 0 Å². The molecule has 0 radical (unpaired) electrons. The molecule has 8 nitrogen and oxygen atoms in total. The zero-order chi connectivity index (χ0) is 22.1. The molecule has 1 fully saturated rings. The first-order chi connectivity index (χ1) is 14.3. The third-order valence-corrected chi connectivity index (χ3v) is 3.85. The predicted molar refractivity (Wildman–Crippen MR) is 117 cm³/mol. The van der Waals surface area contributed by atoms with Crippen LogP contribution in [0.2, 0.25) is 0 Å². The number of nitrogens with zero attached hydrogens (tertiary/aromatic N) is 3. The largest absolute Gasteiger partial charge is 0.490 e. The monoisotopic (exact) mass is 419 g/mol. The smallest absolute Gasteiger partial charge is 0.276 e. The Hall–Kier alpha value is -3.27. The van der Waals surface area contributed by atoms with Crippen molar-refractivity contribution >= 4 is 23.3 Å². The van der Waals surface area contributed by atoms with Crippen LogP contribution in [0.3, 0.4) is 0 Å². The van der Waals surface area contributed by atoms with E-state index < -0.39 is 6.43 Å². The second-order valence-corrected chi connectivity index (χ2v) is 6.61. The minimum atomic E-state index is -2.70. The second-order valence-electron chi connectivity index (χ2n) is 6.61. The Morgan fingerprint density at radius 2 is 2.20 bits per heavy atom. The summed E-state index contributed by atoms with van der Waals surface area (Å²) in [7, 11) is 0. The van der Waals surface area contributed by atoms with Crippen molar-refractivity contribution in [3.8, 4) is 5.75 Å². The first-order valence-corrected chi connectivity index (χ1v) is 9.39. The summed E-state index contributed by atoms with van der Waals surface area (Å²) in [5.41, 5.74) is 17.9. The van der Waals surface area contributed by atoms with Crippen LogP contribution in [-0.2, 0) is 0 Å². The van der Waals surface area contributed by atoms with Gasteiger partial charge in [-0.15, -0.1) is 0 Å². The van der Waals surface area contributed by atoms with Gasteiger partial charge in [-0.05, 0) is 19.8 Å². The highest BCUT2D eigenvalue weighted by molar-refractivity contribution is 6.10. The number of aliphatic imine (C=N–C) groups is 2. The summed E-state index contributed by atoms with van der Waals surface area (Å²) >= 11 is 0. The molecule has 0 aromatic carbocycles. The molecule has 1 saturated carbocycles. The lowest BCUT2D eigenvalue weighted by Gasteiger charge is -2.14. The number of allylic oxidation sites excluding steroid dienone is 2. The van der Waals surface area contributed by atoms with Crippen LogP contribution in [0.5, 0.6) is 5.75 Å². The van der Waals surface area contributed by atoms with Crippen molar-refractivity contribution < 1.29 is 13.5 Å². The Labute approximate surface area is 174 Å². The molecule has 0 amide bonds. The fraction of sp³-hybridized carbons (Fsp3) is 0.350. The van der Waals surface area contributed by atoms with Crippen molar-refractivity contribution in [2.24, 2.45) is 27.2 Å². The Bertz CT molecular complexity index is 874. The minimum absolute atomic E-state index is 0.0806. The number of nitrogens with two attached hydrogens (primary N) is 3. The minimum Gasteiger partial charge on any atom is -0.490 e. The number of aromatic nitrogens is 1. The summed E-state index contributed by atoms with van der Waals surface area (Å²) < 4.78 is 31.7. The normalized spacial score (nSPS) is 15.7. The van der Waals surface area contributed by atoms with Crippen molar-refractivity contribution in [3.63, 3.8) is 0 Å². The number of alkyl halides is 2. The van der Waals surface area contributed by atoms with E-state index in [4.69, 9.17) is 21.9 Å². The van der Waals surface area contributed by atoms with Gasteiger partial charge in [-0.25, -0.2) is 18.8 Å². The summed E-state index contributed by atoms with van der Waals surface area (Å²) in [6, 6.07) is 1.65. The average Bonchev–Trinajstić information content (AvgIpc) is 3.49. The van der Waals surface area contributed by atoms with E-state index in [2.05, 4.69) is 26.9 Å². The van der Waals surface area contributed by atoms with Crippen LogP contribution in [0.25, 0.3) is 5.57 Å². The predicted octanol–water partition coefficient (Wildman–Crippen LogP) is 2.40. The van der Waals surface area contributed by atoms with Crippen molar-refractivity contribution in [1.29, 1.82) is 0 Å². The first kappa shape index (κ1) is 23.0. The standard InChI is InChI=1S/C20H27F2N7O/c1-12(25)7-19(28-13(2)20(21)22)29-18-8-17(30-15-3-4-15)16(11-27-18)14(9-24)10-26-6-5-23/h7-11,15,20H,1,3-6,23-25H2,2H3,(H,27,29)/b14-9+,19-7+,26-10?,28-13+. The molecule has 162 valence electrons. The number of halogens is 2. The Kier molecular flexibility index (Phi) is 8.48. The van der Waals surface area contributed by atoms with Gasteiger partial charge in [-0.2, -0.15) is 0 Å². The molecule has 1 heterocycles. The average molecular weight is 419 g/mol. The molecule has 1 aliphatic rings. The van der Waals surface area contributed by atoms with Gasteiger partial charge in [-0.3, -0.25) is 4.99 Å². The van der Waals surface area contributed by atoms with Crippen molar-refractivity contribution in [2.45, 2.75) is 32.3 Å². The third-order valence-electron chi connectivity index (χ3n) is 3.85. The first-order valence-electron chi connectivity index (χ1n) is 9.39. The lowest BCUT2D eigenvalue weighted by Crippen LogP contribution is -2.10. The van der Waals surface area contributed by atoms with Crippen LogP contribution in [0.4, 0.5) is 14.6 Å². The highest BCUT2D eigenvalue weighted by atomic mass is 19.3. The van der Waals surface area contributed by atoms with Gasteiger partial charge in [0.2, 0.25) is 0 Å². The third kappa shape index (κ3) is 7.28. The number of rotatable bonds is 11. The number of nitrogens with one attached hydrogen (secondary N) is 1. The van der Waals surface area contributed by atoms with Crippen molar-refractivity contribution in [2.75, 3.05) is 18.4 Å². The van der Waals surface area contributed by atoms with Gasteiger partial charge < -0.3 is 27.3 Å². The van der Waals surface area contributed by atoms with Gasteiger partial charge in [-0.1, -0.05) is 6.58 Å². The molecule has 1 aromatic rings. The maximum Gasteiger partial charge on any atom is 0.276 e. The quantitative estimate of drug-likeness (QED) is 0.321. The molecular formula is C20H27F2N7O. The molecule has 30 heavy (non-hydrogen) atoms. The van der Waals surface area contributed by atoms with Gasteiger partial charge in [0.1, 0.15) is 17.4 Å². The molecule has 7 N–H and O–H groups in total. The van der Waals surface area contributed by atoms with Crippen LogP contribution >= 0.6 is 0 Å². The molecule has 0 aliphatic heterocycles. The zero-order valence-corrected chi connectivity index (χ0v) is 16.8. The van der Waals surface area contributed by atoms with Gasteiger partial charge in [0.15, 0.2) is 0 Å². The van der Waals surface area contributed by atoms with E-state index in [0.29, 0.717) is 35.8 Å². The molecular weight excluding hydrogens is 392 g/mol. The van der Waals surface area contributed by atoms with Gasteiger partial charge in [0, 0.05) is 54.1 Å². The molecule has 0 atom stereocenters. The summed E-state index contributed by atoms with van der Waals surface area (Å²) in [5, 5.41) is 2.87. The number of ether oxygens (including phenoxy) is 1. The molecule has 10 heteroatoms. The highest BCUT2D eigenvalue weighted by Crippen LogP contribution is 2.33. The summed E-state index contributed by atoms with van der Waals surface area (Å²) in [6.07, 6.45) is 5.22. The topological polar surface area (TPSA) is 137 Å². The number of hydrogen-bond acceptors (Lipinski definition) is 8. The van der Waals surface area contributed by atoms with E-state index in [1.807, 2.05) is 0 Å². The number of pyridine rings is 1. The van der Waals surface area contributed by atoms with Gasteiger partial charge in [0.25, 0.3) is 6.43 Å². The van der Waals surface area contributed by atoms with Crippen molar-refractivity contribution in [1.82, 2.24) is 4.98 Å². The van der Waals surface area contributed by atoms with Crippen molar-refractivity contribution in [3.05, 3.63) is 48.2 Å². The summed E-state index contributed by atoms with van der Waals surface area (Å²) in [5.74, 6) is 0.950. The van der Waals surface area contributed by atoms with E-state index >= 15 is 0 Å². The summed E-state index contributed by atoms with van der Waals surface area (Å²) in [4.78, 5) is 12.4. The van der Waals surface area contributed by atoms with Gasteiger partial charge >= 0.3 is 0 Å². The molecule has 1 aromatic heterocycles. The van der Waals surface area contributed by atoms with E-state index in [9.17, 15) is 8.78 Å². The molecule has 0 bridgehead atoms. The molecule has 0 spiro atoms. The molecule has 1 aliphatic carbocycles. The Morgan fingerprint density at radius 1 is 1.47 bits per heavy atom.